The standard InChI is InChI=1S/C14H24N4O2S2/c1-11-10-13(12(2)21-11)22(19,20)17-7-6-16-14(15)18-8-4-3-5-9-18/h10,17H,3-9H2,1-2H3,(H2,15,16). The van der Waals surface area contributed by atoms with E-state index in [1.807, 2.05) is 13.8 Å². The van der Waals surface area contributed by atoms with Gasteiger partial charge in [0.25, 0.3) is 0 Å². The number of rotatable bonds is 5. The second-order valence-electron chi connectivity index (χ2n) is 5.46. The summed E-state index contributed by atoms with van der Waals surface area (Å²) in [7, 11) is -3.46. The molecule has 0 saturated carbocycles. The molecular weight excluding hydrogens is 320 g/mol. The zero-order valence-electron chi connectivity index (χ0n) is 13.1. The van der Waals surface area contributed by atoms with Gasteiger partial charge in [-0.2, -0.15) is 0 Å². The molecule has 8 heteroatoms. The first kappa shape index (κ1) is 17.2. The topological polar surface area (TPSA) is 87.8 Å². The van der Waals surface area contributed by atoms with Gasteiger partial charge in [-0.1, -0.05) is 0 Å². The summed E-state index contributed by atoms with van der Waals surface area (Å²) in [6.45, 7) is 6.21. The molecule has 1 fully saturated rings. The molecular formula is C14H24N4O2S2. The van der Waals surface area contributed by atoms with Crippen LogP contribution in [0, 0.1) is 13.8 Å². The predicted molar refractivity (Wildman–Crippen MR) is 90.9 cm³/mol. The number of nitrogens with two attached hydrogens (primary N) is 1. The highest BCUT2D eigenvalue weighted by atomic mass is 32.2. The number of thiophene rings is 1. The van der Waals surface area contributed by atoms with Gasteiger partial charge in [0.2, 0.25) is 10.0 Å². The lowest BCUT2D eigenvalue weighted by atomic mass is 10.1. The molecule has 22 heavy (non-hydrogen) atoms. The molecule has 1 aromatic heterocycles. The van der Waals surface area contributed by atoms with E-state index in [-0.39, 0.29) is 6.54 Å². The Morgan fingerprint density at radius 3 is 2.64 bits per heavy atom. The van der Waals surface area contributed by atoms with Gasteiger partial charge in [0.05, 0.1) is 11.4 Å². The second kappa shape index (κ2) is 7.43. The van der Waals surface area contributed by atoms with Crippen molar-refractivity contribution in [2.24, 2.45) is 10.7 Å². The Bertz CT molecular complexity index is 631. The van der Waals surface area contributed by atoms with Gasteiger partial charge >= 0.3 is 0 Å². The lowest BCUT2D eigenvalue weighted by Crippen LogP contribution is -2.41. The third kappa shape index (κ3) is 4.44. The number of piperidine rings is 1. The lowest BCUT2D eigenvalue weighted by Gasteiger charge is -2.27. The van der Waals surface area contributed by atoms with Crippen LogP contribution in [0.4, 0.5) is 0 Å². The number of hydrogen-bond donors (Lipinski definition) is 2. The van der Waals surface area contributed by atoms with Crippen molar-refractivity contribution < 1.29 is 8.42 Å². The Morgan fingerprint density at radius 2 is 2.05 bits per heavy atom. The van der Waals surface area contributed by atoms with Gasteiger partial charge in [-0.15, -0.1) is 11.3 Å². The summed E-state index contributed by atoms with van der Waals surface area (Å²) in [5.41, 5.74) is 5.94. The highest BCUT2D eigenvalue weighted by Crippen LogP contribution is 2.24. The van der Waals surface area contributed by atoms with Crippen molar-refractivity contribution in [2.75, 3.05) is 26.2 Å². The maximum Gasteiger partial charge on any atom is 0.241 e. The van der Waals surface area contributed by atoms with Crippen molar-refractivity contribution in [3.63, 3.8) is 0 Å². The Hall–Kier alpha value is -1.12. The van der Waals surface area contributed by atoms with Gasteiger partial charge in [-0.05, 0) is 39.2 Å². The number of nitrogens with one attached hydrogen (secondary N) is 1. The number of nitrogens with zero attached hydrogens (tertiary/aromatic N) is 2. The van der Waals surface area contributed by atoms with E-state index in [2.05, 4.69) is 14.6 Å². The molecule has 0 amide bonds. The molecule has 1 saturated heterocycles. The maximum absolute atomic E-state index is 12.2. The van der Waals surface area contributed by atoms with Crippen LogP contribution in [0.15, 0.2) is 16.0 Å². The summed E-state index contributed by atoms with van der Waals surface area (Å²) in [5.74, 6) is 0.515. The smallest absolute Gasteiger partial charge is 0.241 e. The Morgan fingerprint density at radius 1 is 1.36 bits per heavy atom. The Kier molecular flexibility index (Phi) is 5.82. The molecule has 2 heterocycles. The van der Waals surface area contributed by atoms with Crippen molar-refractivity contribution in [3.05, 3.63) is 15.8 Å². The average molecular weight is 345 g/mol. The number of sulfonamides is 1. The Balaban J connectivity index is 1.86. The van der Waals surface area contributed by atoms with Gasteiger partial charge in [0.1, 0.15) is 0 Å². The zero-order valence-corrected chi connectivity index (χ0v) is 14.8. The molecule has 0 unspecified atom stereocenters. The molecule has 1 aliphatic heterocycles. The summed E-state index contributed by atoms with van der Waals surface area (Å²) in [6, 6.07) is 1.70. The molecule has 1 aliphatic rings. The van der Waals surface area contributed by atoms with Gasteiger partial charge in [-0.3, -0.25) is 4.99 Å². The van der Waals surface area contributed by atoms with E-state index < -0.39 is 10.0 Å². The predicted octanol–water partition coefficient (Wildman–Crippen LogP) is 1.44. The average Bonchev–Trinajstić information content (AvgIpc) is 2.84. The molecule has 0 radical (unpaired) electrons. The molecule has 0 atom stereocenters. The Labute approximate surface area is 136 Å². The number of aryl methyl sites for hydroxylation is 2. The van der Waals surface area contributed by atoms with Gasteiger partial charge < -0.3 is 10.6 Å². The second-order valence-corrected chi connectivity index (χ2v) is 8.66. The third-order valence-electron chi connectivity index (χ3n) is 3.64. The molecule has 1 aromatic rings. The first-order valence-corrected chi connectivity index (χ1v) is 9.81. The van der Waals surface area contributed by atoms with E-state index in [1.54, 1.807) is 6.07 Å². The summed E-state index contributed by atoms with van der Waals surface area (Å²) in [4.78, 5) is 8.49. The minimum Gasteiger partial charge on any atom is -0.370 e. The van der Waals surface area contributed by atoms with Crippen molar-refractivity contribution in [2.45, 2.75) is 38.0 Å². The first-order valence-electron chi connectivity index (χ1n) is 7.52. The first-order chi connectivity index (χ1) is 10.4. The molecule has 0 aromatic carbocycles. The molecule has 124 valence electrons. The minimum absolute atomic E-state index is 0.255. The number of hydrogen-bond acceptors (Lipinski definition) is 4. The largest absolute Gasteiger partial charge is 0.370 e. The van der Waals surface area contributed by atoms with Crippen LogP contribution in [0.1, 0.15) is 29.0 Å². The van der Waals surface area contributed by atoms with E-state index in [4.69, 9.17) is 5.73 Å². The minimum atomic E-state index is -3.46. The number of likely N-dealkylation sites (tertiary alicyclic amines) is 1. The van der Waals surface area contributed by atoms with Crippen LogP contribution in [0.3, 0.4) is 0 Å². The molecule has 0 aliphatic carbocycles. The van der Waals surface area contributed by atoms with Gasteiger partial charge in [0.15, 0.2) is 5.96 Å². The van der Waals surface area contributed by atoms with E-state index in [0.29, 0.717) is 17.4 Å². The van der Waals surface area contributed by atoms with Gasteiger partial charge in [0, 0.05) is 29.4 Å². The van der Waals surface area contributed by atoms with Crippen LogP contribution in [0.2, 0.25) is 0 Å². The van der Waals surface area contributed by atoms with Crippen LogP contribution in [-0.4, -0.2) is 45.5 Å². The highest BCUT2D eigenvalue weighted by molar-refractivity contribution is 7.89. The maximum atomic E-state index is 12.2. The van der Waals surface area contributed by atoms with Crippen molar-refractivity contribution in [1.29, 1.82) is 0 Å². The van der Waals surface area contributed by atoms with Crippen LogP contribution in [-0.2, 0) is 10.0 Å². The molecule has 0 spiro atoms. The third-order valence-corrected chi connectivity index (χ3v) is 6.33. The van der Waals surface area contributed by atoms with E-state index in [1.165, 1.54) is 17.8 Å². The van der Waals surface area contributed by atoms with E-state index in [9.17, 15) is 8.42 Å². The summed E-state index contributed by atoms with van der Waals surface area (Å²) >= 11 is 1.49. The molecule has 0 bridgehead atoms. The SMILES string of the molecule is Cc1cc(S(=O)(=O)NCCN=C(N)N2CCCCC2)c(C)s1. The molecule has 2 rings (SSSR count). The van der Waals surface area contributed by atoms with Crippen LogP contribution >= 0.6 is 11.3 Å². The molecule has 3 N–H and O–H groups in total. The van der Waals surface area contributed by atoms with E-state index >= 15 is 0 Å². The normalized spacial score (nSPS) is 17.0. The fourth-order valence-electron chi connectivity index (χ4n) is 2.53. The monoisotopic (exact) mass is 344 g/mol. The van der Waals surface area contributed by atoms with Crippen LogP contribution < -0.4 is 10.5 Å². The van der Waals surface area contributed by atoms with Crippen molar-refractivity contribution >= 4 is 27.3 Å². The number of aliphatic imine (C=N–C) groups is 1. The van der Waals surface area contributed by atoms with E-state index in [0.717, 1.165) is 35.7 Å². The highest BCUT2D eigenvalue weighted by Gasteiger charge is 2.18. The lowest BCUT2D eigenvalue weighted by molar-refractivity contribution is 0.338. The van der Waals surface area contributed by atoms with Crippen LogP contribution in [0.25, 0.3) is 0 Å². The van der Waals surface area contributed by atoms with Crippen molar-refractivity contribution in [3.8, 4) is 0 Å². The zero-order chi connectivity index (χ0) is 16.2. The summed E-state index contributed by atoms with van der Waals surface area (Å²) in [5, 5.41) is 0. The summed E-state index contributed by atoms with van der Waals surface area (Å²) < 4.78 is 27.0. The van der Waals surface area contributed by atoms with Gasteiger partial charge in [-0.25, -0.2) is 13.1 Å². The van der Waals surface area contributed by atoms with Crippen molar-refractivity contribution in [1.82, 2.24) is 9.62 Å². The quantitative estimate of drug-likeness (QED) is 0.481. The molecule has 6 nitrogen and oxygen atoms in total. The fourth-order valence-corrected chi connectivity index (χ4v) is 5.10. The fraction of sp³-hybridized carbons (Fsp3) is 0.643. The summed E-state index contributed by atoms with van der Waals surface area (Å²) in [6.07, 6.45) is 3.52. The number of guanidine groups is 1. The van der Waals surface area contributed by atoms with Crippen LogP contribution in [0.5, 0.6) is 0 Å².